The van der Waals surface area contributed by atoms with Crippen LogP contribution in [0.15, 0.2) is 28.7 Å². The molecule has 0 saturated heterocycles. The molecular formula is C10H13BrO3. The third-order valence-electron chi connectivity index (χ3n) is 2.35. The summed E-state index contributed by atoms with van der Waals surface area (Å²) in [5.41, 5.74) is -0.257. The molecule has 0 atom stereocenters. The normalized spacial score (nSPS) is 11.7. The highest BCUT2D eigenvalue weighted by molar-refractivity contribution is 9.10. The Balaban J connectivity index is 3.17. The number of hydrogen-bond acceptors (Lipinski definition) is 3. The van der Waals surface area contributed by atoms with Crippen LogP contribution in [-0.2, 0) is 5.41 Å². The molecule has 14 heavy (non-hydrogen) atoms. The van der Waals surface area contributed by atoms with Crippen molar-refractivity contribution in [2.75, 3.05) is 19.8 Å². The molecule has 0 aromatic heterocycles. The topological polar surface area (TPSA) is 60.7 Å². The molecule has 0 aliphatic heterocycles. The molecule has 3 N–H and O–H groups in total. The molecule has 0 aliphatic carbocycles. The molecule has 0 radical (unpaired) electrons. The maximum Gasteiger partial charge on any atom is 0.0656 e. The third-order valence-corrected chi connectivity index (χ3v) is 3.04. The van der Waals surface area contributed by atoms with Gasteiger partial charge in [-0.05, 0) is 11.6 Å². The zero-order valence-electron chi connectivity index (χ0n) is 7.65. The fraction of sp³-hybridized carbons (Fsp3) is 0.400. The van der Waals surface area contributed by atoms with Gasteiger partial charge in [0.05, 0.1) is 25.2 Å². The molecule has 0 fully saturated rings. The number of rotatable bonds is 4. The Morgan fingerprint density at radius 2 is 1.50 bits per heavy atom. The van der Waals surface area contributed by atoms with Gasteiger partial charge in [-0.2, -0.15) is 0 Å². The number of benzene rings is 1. The van der Waals surface area contributed by atoms with Gasteiger partial charge >= 0.3 is 0 Å². The molecule has 78 valence electrons. The van der Waals surface area contributed by atoms with Crippen LogP contribution >= 0.6 is 15.9 Å². The van der Waals surface area contributed by atoms with Crippen molar-refractivity contribution in [3.05, 3.63) is 34.3 Å². The number of aliphatic hydroxyl groups is 3. The lowest BCUT2D eigenvalue weighted by Crippen LogP contribution is -2.39. The van der Waals surface area contributed by atoms with Crippen molar-refractivity contribution in [1.82, 2.24) is 0 Å². The zero-order valence-corrected chi connectivity index (χ0v) is 9.24. The standard InChI is InChI=1S/C10H13BrO3/c11-9-4-2-1-3-8(9)10(5-12,6-13)7-14/h1-4,12-14H,5-7H2. The summed E-state index contributed by atoms with van der Waals surface area (Å²) in [7, 11) is 0. The van der Waals surface area contributed by atoms with Crippen molar-refractivity contribution >= 4 is 15.9 Å². The number of hydrogen-bond donors (Lipinski definition) is 3. The Bertz CT molecular complexity index is 289. The van der Waals surface area contributed by atoms with Crippen LogP contribution in [0, 0.1) is 0 Å². The summed E-state index contributed by atoms with van der Waals surface area (Å²) in [5, 5.41) is 27.6. The van der Waals surface area contributed by atoms with Crippen molar-refractivity contribution in [2.45, 2.75) is 5.41 Å². The largest absolute Gasteiger partial charge is 0.395 e. The van der Waals surface area contributed by atoms with Crippen molar-refractivity contribution in [3.8, 4) is 0 Å². The maximum absolute atomic E-state index is 9.21. The van der Waals surface area contributed by atoms with Crippen molar-refractivity contribution in [2.24, 2.45) is 0 Å². The second-order valence-corrected chi connectivity index (χ2v) is 4.09. The smallest absolute Gasteiger partial charge is 0.0656 e. The molecule has 0 amide bonds. The molecule has 0 heterocycles. The second-order valence-electron chi connectivity index (χ2n) is 3.23. The minimum atomic E-state index is -0.972. The first kappa shape index (κ1) is 11.7. The fourth-order valence-electron chi connectivity index (χ4n) is 1.30. The average molecular weight is 261 g/mol. The minimum Gasteiger partial charge on any atom is -0.395 e. The van der Waals surface area contributed by atoms with Gasteiger partial charge in [-0.1, -0.05) is 34.1 Å². The van der Waals surface area contributed by atoms with E-state index in [2.05, 4.69) is 15.9 Å². The Hall–Kier alpha value is -0.420. The molecular weight excluding hydrogens is 248 g/mol. The van der Waals surface area contributed by atoms with Crippen LogP contribution in [0.2, 0.25) is 0 Å². The first-order chi connectivity index (χ1) is 6.70. The van der Waals surface area contributed by atoms with Crippen LogP contribution in [0.1, 0.15) is 5.56 Å². The molecule has 3 nitrogen and oxygen atoms in total. The van der Waals surface area contributed by atoms with Crippen molar-refractivity contribution in [1.29, 1.82) is 0 Å². The van der Waals surface area contributed by atoms with Gasteiger partial charge in [0.15, 0.2) is 0 Å². The SMILES string of the molecule is OCC(CO)(CO)c1ccccc1Br. The van der Waals surface area contributed by atoms with Gasteiger partial charge in [0, 0.05) is 4.47 Å². The molecule has 4 heteroatoms. The van der Waals surface area contributed by atoms with Gasteiger partial charge in [0.25, 0.3) is 0 Å². The van der Waals surface area contributed by atoms with E-state index < -0.39 is 5.41 Å². The van der Waals surface area contributed by atoms with E-state index in [9.17, 15) is 15.3 Å². The van der Waals surface area contributed by atoms with E-state index >= 15 is 0 Å². The number of halogens is 1. The van der Waals surface area contributed by atoms with E-state index in [0.717, 1.165) is 4.47 Å². The van der Waals surface area contributed by atoms with Gasteiger partial charge in [-0.25, -0.2) is 0 Å². The first-order valence-corrected chi connectivity index (χ1v) is 5.07. The molecule has 1 aromatic carbocycles. The molecule has 0 bridgehead atoms. The number of aliphatic hydroxyl groups excluding tert-OH is 3. The molecule has 1 rings (SSSR count). The van der Waals surface area contributed by atoms with E-state index in [4.69, 9.17) is 0 Å². The van der Waals surface area contributed by atoms with Crippen molar-refractivity contribution in [3.63, 3.8) is 0 Å². The predicted octanol–water partition coefficient (Wildman–Crippen LogP) is 0.664. The summed E-state index contributed by atoms with van der Waals surface area (Å²) in [4.78, 5) is 0. The molecule has 1 aromatic rings. The van der Waals surface area contributed by atoms with Gasteiger partial charge in [-0.3, -0.25) is 0 Å². The highest BCUT2D eigenvalue weighted by Gasteiger charge is 2.31. The Kier molecular flexibility index (Phi) is 4.07. The average Bonchev–Trinajstić information content (AvgIpc) is 2.24. The van der Waals surface area contributed by atoms with Crippen LogP contribution in [0.25, 0.3) is 0 Å². The Morgan fingerprint density at radius 1 is 1.00 bits per heavy atom. The van der Waals surface area contributed by atoms with Gasteiger partial charge < -0.3 is 15.3 Å². The van der Waals surface area contributed by atoms with E-state index in [0.29, 0.717) is 5.56 Å². The highest BCUT2D eigenvalue weighted by Crippen LogP contribution is 2.29. The minimum absolute atomic E-state index is 0.289. The zero-order chi connectivity index (χ0) is 10.6. The molecule has 0 spiro atoms. The highest BCUT2D eigenvalue weighted by atomic mass is 79.9. The van der Waals surface area contributed by atoms with Crippen LogP contribution in [-0.4, -0.2) is 35.1 Å². The summed E-state index contributed by atoms with van der Waals surface area (Å²) >= 11 is 3.32. The van der Waals surface area contributed by atoms with E-state index in [1.54, 1.807) is 12.1 Å². The van der Waals surface area contributed by atoms with Crippen LogP contribution in [0.3, 0.4) is 0 Å². The van der Waals surface area contributed by atoms with Gasteiger partial charge in [-0.15, -0.1) is 0 Å². The lowest BCUT2D eigenvalue weighted by molar-refractivity contribution is 0.0636. The van der Waals surface area contributed by atoms with Crippen molar-refractivity contribution < 1.29 is 15.3 Å². The summed E-state index contributed by atoms with van der Waals surface area (Å²) in [6.45, 7) is -0.867. The monoisotopic (exact) mass is 260 g/mol. The second kappa shape index (κ2) is 4.89. The molecule has 0 unspecified atom stereocenters. The van der Waals surface area contributed by atoms with Crippen LogP contribution in [0.4, 0.5) is 0 Å². The van der Waals surface area contributed by atoms with E-state index in [1.165, 1.54) is 0 Å². The Morgan fingerprint density at radius 3 is 1.93 bits per heavy atom. The van der Waals surface area contributed by atoms with Crippen LogP contribution < -0.4 is 0 Å². The van der Waals surface area contributed by atoms with Gasteiger partial charge in [0.1, 0.15) is 0 Å². The summed E-state index contributed by atoms with van der Waals surface area (Å²) in [6.07, 6.45) is 0. The van der Waals surface area contributed by atoms with Crippen LogP contribution in [0.5, 0.6) is 0 Å². The first-order valence-electron chi connectivity index (χ1n) is 4.28. The molecule has 0 aliphatic rings. The maximum atomic E-state index is 9.21. The lowest BCUT2D eigenvalue weighted by atomic mass is 9.83. The third kappa shape index (κ3) is 1.98. The molecule has 0 saturated carbocycles. The fourth-order valence-corrected chi connectivity index (χ4v) is 2.00. The summed E-state index contributed by atoms with van der Waals surface area (Å²) in [5.74, 6) is 0. The lowest BCUT2D eigenvalue weighted by Gasteiger charge is -2.28. The summed E-state index contributed by atoms with van der Waals surface area (Å²) < 4.78 is 0.775. The van der Waals surface area contributed by atoms with E-state index in [-0.39, 0.29) is 19.8 Å². The van der Waals surface area contributed by atoms with E-state index in [1.807, 2.05) is 12.1 Å². The van der Waals surface area contributed by atoms with Gasteiger partial charge in [0.2, 0.25) is 0 Å². The Labute approximate surface area is 91.1 Å². The quantitative estimate of drug-likeness (QED) is 0.746. The predicted molar refractivity (Wildman–Crippen MR) is 57.1 cm³/mol. The summed E-state index contributed by atoms with van der Waals surface area (Å²) in [6, 6.07) is 7.22.